The first kappa shape index (κ1) is 11.9. The molecule has 5 nitrogen and oxygen atoms in total. The highest BCUT2D eigenvalue weighted by Gasteiger charge is 2.27. The van der Waals surface area contributed by atoms with Gasteiger partial charge in [0.05, 0.1) is 25.4 Å². The Morgan fingerprint density at radius 1 is 1.29 bits per heavy atom. The van der Waals surface area contributed by atoms with Crippen LogP contribution in [0.3, 0.4) is 0 Å². The summed E-state index contributed by atoms with van der Waals surface area (Å²) in [5.41, 5.74) is 5.27. The number of aliphatic hydroxyl groups is 2. The Hall–Kier alpha value is -0.200. The molecule has 1 atom stereocenters. The van der Waals surface area contributed by atoms with Gasteiger partial charge in [-0.05, 0) is 6.42 Å². The zero-order chi connectivity index (χ0) is 10.4. The van der Waals surface area contributed by atoms with E-state index in [0.29, 0.717) is 13.0 Å². The van der Waals surface area contributed by atoms with E-state index in [1.54, 1.807) is 0 Å². The van der Waals surface area contributed by atoms with Gasteiger partial charge in [-0.1, -0.05) is 0 Å². The highest BCUT2D eigenvalue weighted by Crippen LogP contribution is 2.09. The van der Waals surface area contributed by atoms with Crippen molar-refractivity contribution in [1.82, 2.24) is 4.90 Å². The van der Waals surface area contributed by atoms with Crippen LogP contribution in [0.25, 0.3) is 0 Å². The van der Waals surface area contributed by atoms with Gasteiger partial charge in [0.1, 0.15) is 0 Å². The van der Waals surface area contributed by atoms with Crippen molar-refractivity contribution in [3.05, 3.63) is 0 Å². The highest BCUT2D eigenvalue weighted by molar-refractivity contribution is 4.87. The van der Waals surface area contributed by atoms with Crippen LogP contribution in [0.5, 0.6) is 0 Å². The monoisotopic (exact) mass is 204 g/mol. The summed E-state index contributed by atoms with van der Waals surface area (Å²) in [4.78, 5) is 2.16. The molecule has 0 saturated carbocycles. The van der Waals surface area contributed by atoms with E-state index in [1.165, 1.54) is 0 Å². The molecule has 0 aromatic rings. The van der Waals surface area contributed by atoms with Gasteiger partial charge in [0.2, 0.25) is 0 Å². The molecule has 84 valence electrons. The Balaban J connectivity index is 2.37. The van der Waals surface area contributed by atoms with Crippen LogP contribution < -0.4 is 5.73 Å². The topological polar surface area (TPSA) is 79.0 Å². The number of rotatable bonds is 5. The van der Waals surface area contributed by atoms with Crippen LogP contribution >= 0.6 is 0 Å². The Bertz CT molecular complexity index is 162. The summed E-state index contributed by atoms with van der Waals surface area (Å²) >= 11 is 0. The largest absolute Gasteiger partial charge is 0.396 e. The van der Waals surface area contributed by atoms with Crippen molar-refractivity contribution in [3.63, 3.8) is 0 Å². The fourth-order valence-electron chi connectivity index (χ4n) is 1.64. The molecule has 0 radical (unpaired) electrons. The molecule has 5 heteroatoms. The summed E-state index contributed by atoms with van der Waals surface area (Å²) < 4.78 is 5.21. The lowest BCUT2D eigenvalue weighted by atomic mass is 9.97. The first-order valence-electron chi connectivity index (χ1n) is 5.01. The van der Waals surface area contributed by atoms with E-state index in [9.17, 15) is 0 Å². The number of nitrogens with two attached hydrogens (primary N) is 1. The minimum absolute atomic E-state index is 0.0153. The quantitative estimate of drug-likeness (QED) is 0.502. The standard InChI is InChI=1S/C9H20N2O3/c10-9(8-13,1-4-12)7-11-2-5-14-6-3-11/h12-13H,1-8,10H2. The minimum atomic E-state index is -0.675. The molecule has 1 rings (SSSR count). The predicted molar refractivity (Wildman–Crippen MR) is 53.0 cm³/mol. The van der Waals surface area contributed by atoms with Crippen molar-refractivity contribution in [2.45, 2.75) is 12.0 Å². The summed E-state index contributed by atoms with van der Waals surface area (Å²) in [5.74, 6) is 0. The van der Waals surface area contributed by atoms with E-state index < -0.39 is 5.54 Å². The molecular weight excluding hydrogens is 184 g/mol. The third-order valence-electron chi connectivity index (χ3n) is 2.57. The van der Waals surface area contributed by atoms with E-state index in [1.807, 2.05) is 0 Å². The van der Waals surface area contributed by atoms with Crippen LogP contribution in [0.2, 0.25) is 0 Å². The van der Waals surface area contributed by atoms with Crippen molar-refractivity contribution in [2.24, 2.45) is 5.73 Å². The van der Waals surface area contributed by atoms with Crippen LogP contribution in [-0.2, 0) is 4.74 Å². The fraction of sp³-hybridized carbons (Fsp3) is 1.00. The number of morpholine rings is 1. The molecule has 1 heterocycles. The Labute approximate surface area is 84.5 Å². The van der Waals surface area contributed by atoms with E-state index in [-0.39, 0.29) is 13.2 Å². The zero-order valence-corrected chi connectivity index (χ0v) is 8.48. The molecule has 0 aromatic carbocycles. The van der Waals surface area contributed by atoms with Crippen LogP contribution in [0.15, 0.2) is 0 Å². The highest BCUT2D eigenvalue weighted by atomic mass is 16.5. The van der Waals surface area contributed by atoms with Gasteiger partial charge in [0, 0.05) is 26.2 Å². The number of nitrogens with zero attached hydrogens (tertiary/aromatic N) is 1. The van der Waals surface area contributed by atoms with Gasteiger partial charge in [-0.2, -0.15) is 0 Å². The smallest absolute Gasteiger partial charge is 0.0624 e. The first-order chi connectivity index (χ1) is 6.70. The fourth-order valence-corrected chi connectivity index (χ4v) is 1.64. The molecule has 1 aliphatic rings. The molecule has 1 fully saturated rings. The molecule has 0 bridgehead atoms. The molecule has 0 aromatic heterocycles. The van der Waals surface area contributed by atoms with Crippen LogP contribution in [0.4, 0.5) is 0 Å². The summed E-state index contributed by atoms with van der Waals surface area (Å²) in [6, 6.07) is 0. The Kier molecular flexibility index (Phi) is 4.77. The van der Waals surface area contributed by atoms with Crippen molar-refractivity contribution in [2.75, 3.05) is 46.1 Å². The maximum absolute atomic E-state index is 9.15. The number of hydrogen-bond acceptors (Lipinski definition) is 5. The maximum Gasteiger partial charge on any atom is 0.0624 e. The number of aliphatic hydroxyl groups excluding tert-OH is 2. The van der Waals surface area contributed by atoms with Gasteiger partial charge >= 0.3 is 0 Å². The van der Waals surface area contributed by atoms with Gasteiger partial charge in [-0.15, -0.1) is 0 Å². The van der Waals surface area contributed by atoms with Gasteiger partial charge in [-0.3, -0.25) is 4.90 Å². The Morgan fingerprint density at radius 3 is 2.43 bits per heavy atom. The molecule has 0 amide bonds. The van der Waals surface area contributed by atoms with E-state index >= 15 is 0 Å². The average Bonchev–Trinajstić information content (AvgIpc) is 2.20. The van der Waals surface area contributed by atoms with Crippen molar-refractivity contribution in [3.8, 4) is 0 Å². The Morgan fingerprint density at radius 2 is 1.93 bits per heavy atom. The first-order valence-corrected chi connectivity index (χ1v) is 5.01. The molecule has 1 saturated heterocycles. The average molecular weight is 204 g/mol. The molecule has 0 spiro atoms. The molecule has 4 N–H and O–H groups in total. The van der Waals surface area contributed by atoms with Crippen molar-refractivity contribution < 1.29 is 14.9 Å². The lowest BCUT2D eigenvalue weighted by Crippen LogP contribution is -2.55. The second-order valence-electron chi connectivity index (χ2n) is 3.88. The molecule has 14 heavy (non-hydrogen) atoms. The van der Waals surface area contributed by atoms with Crippen molar-refractivity contribution in [1.29, 1.82) is 0 Å². The van der Waals surface area contributed by atoms with Gasteiger partial charge in [0.15, 0.2) is 0 Å². The van der Waals surface area contributed by atoms with Crippen molar-refractivity contribution >= 4 is 0 Å². The third kappa shape index (κ3) is 3.51. The normalized spacial score (nSPS) is 23.4. The third-order valence-corrected chi connectivity index (χ3v) is 2.57. The van der Waals surface area contributed by atoms with E-state index in [0.717, 1.165) is 26.3 Å². The van der Waals surface area contributed by atoms with Gasteiger partial charge in [-0.25, -0.2) is 0 Å². The lowest BCUT2D eigenvalue weighted by molar-refractivity contribution is 0.0170. The second kappa shape index (κ2) is 5.63. The summed E-state index contributed by atoms with van der Waals surface area (Å²) in [6.07, 6.45) is 0.431. The molecule has 1 aliphatic heterocycles. The zero-order valence-electron chi connectivity index (χ0n) is 8.48. The lowest BCUT2D eigenvalue weighted by Gasteiger charge is -2.35. The van der Waals surface area contributed by atoms with Crippen LogP contribution in [0.1, 0.15) is 6.42 Å². The second-order valence-corrected chi connectivity index (χ2v) is 3.88. The van der Waals surface area contributed by atoms with Gasteiger partial charge in [0.25, 0.3) is 0 Å². The predicted octanol–water partition coefficient (Wildman–Crippen LogP) is -1.61. The number of hydrogen-bond donors (Lipinski definition) is 3. The summed E-state index contributed by atoms with van der Waals surface area (Å²) in [7, 11) is 0. The van der Waals surface area contributed by atoms with E-state index in [4.69, 9.17) is 20.7 Å². The molecular formula is C9H20N2O3. The summed E-state index contributed by atoms with van der Waals surface area (Å²) in [6.45, 7) is 3.69. The maximum atomic E-state index is 9.15. The molecule has 0 aliphatic carbocycles. The van der Waals surface area contributed by atoms with Crippen LogP contribution in [0, 0.1) is 0 Å². The SMILES string of the molecule is NC(CO)(CCO)CN1CCOCC1. The summed E-state index contributed by atoms with van der Waals surface area (Å²) in [5, 5.41) is 18.0. The molecule has 1 unspecified atom stereocenters. The van der Waals surface area contributed by atoms with Crippen LogP contribution in [-0.4, -0.2) is 66.7 Å². The minimum Gasteiger partial charge on any atom is -0.396 e. The van der Waals surface area contributed by atoms with Gasteiger partial charge < -0.3 is 20.7 Å². The number of ether oxygens (including phenoxy) is 1. The van der Waals surface area contributed by atoms with E-state index in [2.05, 4.69) is 4.90 Å².